The van der Waals surface area contributed by atoms with E-state index in [2.05, 4.69) is 4.99 Å². The Bertz CT molecular complexity index is 1350. The summed E-state index contributed by atoms with van der Waals surface area (Å²) in [5.74, 6) is 0.615. The van der Waals surface area contributed by atoms with Gasteiger partial charge in [0.05, 0.1) is 14.2 Å². The van der Waals surface area contributed by atoms with Gasteiger partial charge in [-0.05, 0) is 24.3 Å². The summed E-state index contributed by atoms with van der Waals surface area (Å²) in [6.07, 6.45) is 0. The van der Waals surface area contributed by atoms with Gasteiger partial charge in [-0.15, -0.1) is 0 Å². The van der Waals surface area contributed by atoms with Gasteiger partial charge in [-0.3, -0.25) is 4.79 Å². The zero-order valence-corrected chi connectivity index (χ0v) is 16.2. The summed E-state index contributed by atoms with van der Waals surface area (Å²) in [5, 5.41) is 0.657. The first-order valence-electron chi connectivity index (χ1n) is 8.36. The minimum absolute atomic E-state index is 0.116. The Kier molecular flexibility index (Phi) is 4.48. The summed E-state index contributed by atoms with van der Waals surface area (Å²) < 4.78 is 18.6. The number of ether oxygens (including phenoxy) is 2. The Morgan fingerprint density at radius 1 is 1.11 bits per heavy atom. The fourth-order valence-corrected chi connectivity index (χ4v) is 4.11. The molecule has 28 heavy (non-hydrogen) atoms. The average Bonchev–Trinajstić information content (AvgIpc) is 3.03. The number of hydrogen-bond donors (Lipinski definition) is 0. The number of fused-ring (bicyclic) bond motifs is 2. The van der Waals surface area contributed by atoms with Crippen LogP contribution in [0.4, 0.5) is 0 Å². The van der Waals surface area contributed by atoms with Crippen molar-refractivity contribution in [3.63, 3.8) is 0 Å². The predicted molar refractivity (Wildman–Crippen MR) is 106 cm³/mol. The fraction of sp³-hybridized carbons (Fsp3) is 0.150. The van der Waals surface area contributed by atoms with Gasteiger partial charge in [-0.1, -0.05) is 29.5 Å². The van der Waals surface area contributed by atoms with Crippen LogP contribution in [0.2, 0.25) is 0 Å². The number of methoxy groups -OCH3 is 2. The first-order valence-corrected chi connectivity index (χ1v) is 9.17. The first kappa shape index (κ1) is 18.0. The number of aryl methyl sites for hydroxylation is 1. The number of hydrogen-bond acceptors (Lipinski definition) is 6. The molecule has 0 aliphatic heterocycles. The van der Waals surface area contributed by atoms with Gasteiger partial charge < -0.3 is 18.5 Å². The Hall–Kier alpha value is -3.39. The van der Waals surface area contributed by atoms with Crippen LogP contribution in [0, 0.1) is 0 Å². The van der Waals surface area contributed by atoms with Crippen molar-refractivity contribution in [2.75, 3.05) is 14.2 Å². The lowest BCUT2D eigenvalue weighted by Gasteiger charge is -2.06. The summed E-state index contributed by atoms with van der Waals surface area (Å²) in [7, 11) is 4.92. The molecule has 0 aliphatic rings. The van der Waals surface area contributed by atoms with Gasteiger partial charge in [0.2, 0.25) is 0 Å². The Labute approximate surface area is 163 Å². The van der Waals surface area contributed by atoms with E-state index in [1.807, 2.05) is 0 Å². The lowest BCUT2D eigenvalue weighted by Crippen LogP contribution is -2.18. The molecular weight excluding hydrogens is 380 g/mol. The lowest BCUT2D eigenvalue weighted by molar-refractivity contribution is 0.0994. The second kappa shape index (κ2) is 6.97. The molecule has 0 spiro atoms. The van der Waals surface area contributed by atoms with Crippen molar-refractivity contribution in [2.24, 2.45) is 12.0 Å². The highest BCUT2D eigenvalue weighted by Gasteiger charge is 2.17. The Balaban J connectivity index is 1.91. The van der Waals surface area contributed by atoms with Gasteiger partial charge in [0, 0.05) is 12.4 Å². The molecule has 4 rings (SSSR count). The van der Waals surface area contributed by atoms with Crippen molar-refractivity contribution >= 4 is 38.4 Å². The van der Waals surface area contributed by atoms with Crippen molar-refractivity contribution in [1.82, 2.24) is 4.57 Å². The molecule has 8 heteroatoms. The maximum Gasteiger partial charge on any atom is 0.349 e. The van der Waals surface area contributed by atoms with Gasteiger partial charge in [-0.2, -0.15) is 4.99 Å². The number of rotatable bonds is 3. The highest BCUT2D eigenvalue weighted by molar-refractivity contribution is 7.16. The molecule has 0 unspecified atom stereocenters. The monoisotopic (exact) mass is 396 g/mol. The zero-order valence-electron chi connectivity index (χ0n) is 15.4. The van der Waals surface area contributed by atoms with Crippen LogP contribution in [-0.4, -0.2) is 24.7 Å². The summed E-state index contributed by atoms with van der Waals surface area (Å²) >= 11 is 1.27. The van der Waals surface area contributed by atoms with Crippen LogP contribution >= 0.6 is 11.3 Å². The van der Waals surface area contributed by atoms with E-state index in [1.165, 1.54) is 17.4 Å². The highest BCUT2D eigenvalue weighted by Crippen LogP contribution is 2.34. The normalized spacial score (nSPS) is 11.9. The topological polar surface area (TPSA) is 83.0 Å². The van der Waals surface area contributed by atoms with E-state index in [0.29, 0.717) is 27.3 Å². The van der Waals surface area contributed by atoms with Gasteiger partial charge >= 0.3 is 5.63 Å². The van der Waals surface area contributed by atoms with Crippen LogP contribution < -0.4 is 19.9 Å². The molecule has 2 aromatic heterocycles. The number of carbonyl (C=O) groups excluding carboxylic acids is 1. The number of benzene rings is 2. The third-order valence-electron chi connectivity index (χ3n) is 4.38. The SMILES string of the molecule is COc1ccc(OC)c2c1sc(=NC(=O)c1cc3ccccc3oc1=O)n2C. The van der Waals surface area contributed by atoms with Crippen LogP contribution in [0.3, 0.4) is 0 Å². The molecule has 0 radical (unpaired) electrons. The molecule has 2 aromatic carbocycles. The molecule has 142 valence electrons. The standard InChI is InChI=1S/C20H16N2O5S/c1-22-16-14(25-2)8-9-15(26-3)17(16)28-20(22)21-18(23)12-10-11-6-4-5-7-13(11)27-19(12)24/h4-10H,1-3H3. The van der Waals surface area contributed by atoms with E-state index in [-0.39, 0.29) is 5.56 Å². The van der Waals surface area contributed by atoms with Crippen molar-refractivity contribution < 1.29 is 18.7 Å². The van der Waals surface area contributed by atoms with Crippen molar-refractivity contribution in [1.29, 1.82) is 0 Å². The molecule has 2 heterocycles. The largest absolute Gasteiger partial charge is 0.495 e. The molecule has 0 fully saturated rings. The van der Waals surface area contributed by atoms with E-state index in [0.717, 1.165) is 10.2 Å². The summed E-state index contributed by atoms with van der Waals surface area (Å²) in [4.78, 5) is 29.5. The average molecular weight is 396 g/mol. The number of para-hydroxylation sites is 1. The van der Waals surface area contributed by atoms with Crippen LogP contribution in [-0.2, 0) is 7.05 Å². The number of aromatic nitrogens is 1. The third kappa shape index (κ3) is 2.87. The molecule has 0 saturated heterocycles. The van der Waals surface area contributed by atoms with Gasteiger partial charge in [-0.25, -0.2) is 4.79 Å². The number of amides is 1. The quantitative estimate of drug-likeness (QED) is 0.497. The summed E-state index contributed by atoms with van der Waals surface area (Å²) in [6.45, 7) is 0. The summed E-state index contributed by atoms with van der Waals surface area (Å²) in [5.41, 5.74) is 0.344. The number of carbonyl (C=O) groups is 1. The van der Waals surface area contributed by atoms with Crippen molar-refractivity contribution in [2.45, 2.75) is 0 Å². The summed E-state index contributed by atoms with van der Waals surface area (Å²) in [6, 6.07) is 12.1. The van der Waals surface area contributed by atoms with Crippen LogP contribution in [0.5, 0.6) is 11.5 Å². The van der Waals surface area contributed by atoms with Crippen molar-refractivity contribution in [3.8, 4) is 11.5 Å². The smallest absolute Gasteiger partial charge is 0.349 e. The molecule has 0 saturated carbocycles. The molecule has 4 aromatic rings. The van der Waals surface area contributed by atoms with Gasteiger partial charge in [0.1, 0.15) is 32.9 Å². The Morgan fingerprint density at radius 2 is 1.82 bits per heavy atom. The minimum atomic E-state index is -0.716. The highest BCUT2D eigenvalue weighted by atomic mass is 32.1. The van der Waals surface area contributed by atoms with Gasteiger partial charge in [0.25, 0.3) is 5.91 Å². The van der Waals surface area contributed by atoms with Crippen LogP contribution in [0.25, 0.3) is 21.2 Å². The third-order valence-corrected chi connectivity index (χ3v) is 5.53. The molecular formula is C20H16N2O5S. The lowest BCUT2D eigenvalue weighted by atomic mass is 10.2. The van der Waals surface area contributed by atoms with E-state index in [1.54, 1.807) is 62.2 Å². The molecule has 0 bridgehead atoms. The van der Waals surface area contributed by atoms with E-state index < -0.39 is 11.5 Å². The molecule has 0 N–H and O–H groups in total. The zero-order chi connectivity index (χ0) is 19.8. The second-order valence-corrected chi connectivity index (χ2v) is 6.97. The maximum absolute atomic E-state index is 12.7. The minimum Gasteiger partial charge on any atom is -0.495 e. The fourth-order valence-electron chi connectivity index (χ4n) is 2.99. The van der Waals surface area contributed by atoms with E-state index >= 15 is 0 Å². The number of thiazole rings is 1. The maximum atomic E-state index is 12.7. The molecule has 0 aliphatic carbocycles. The van der Waals surface area contributed by atoms with Crippen molar-refractivity contribution in [3.05, 3.63) is 63.2 Å². The van der Waals surface area contributed by atoms with E-state index in [4.69, 9.17) is 13.9 Å². The molecule has 1 amide bonds. The Morgan fingerprint density at radius 3 is 2.57 bits per heavy atom. The van der Waals surface area contributed by atoms with E-state index in [9.17, 15) is 9.59 Å². The van der Waals surface area contributed by atoms with Crippen LogP contribution in [0.1, 0.15) is 10.4 Å². The molecule has 7 nitrogen and oxygen atoms in total. The van der Waals surface area contributed by atoms with Crippen LogP contribution in [0.15, 0.2) is 56.7 Å². The first-order chi connectivity index (χ1) is 13.5. The predicted octanol–water partition coefficient (Wildman–Crippen LogP) is 3.10. The van der Waals surface area contributed by atoms with Gasteiger partial charge in [0.15, 0.2) is 4.80 Å². The molecule has 0 atom stereocenters. The second-order valence-electron chi connectivity index (χ2n) is 5.99. The number of nitrogens with zero attached hydrogens (tertiary/aromatic N) is 2.